The number of ether oxygens (including phenoxy) is 2. The van der Waals surface area contributed by atoms with Gasteiger partial charge in [0.25, 0.3) is 0 Å². The lowest BCUT2D eigenvalue weighted by atomic mass is 9.99. The number of hydrogen-bond acceptors (Lipinski definition) is 10. The Morgan fingerprint density at radius 3 is 1.46 bits per heavy atom. The molecule has 0 unspecified atom stereocenters. The first-order chi connectivity index (χ1) is 28.3. The number of carboxylic acids is 1. The third-order valence-electron chi connectivity index (χ3n) is 9.12. The number of hydrogen-bond donors (Lipinski definition) is 1. The van der Waals surface area contributed by atoms with Gasteiger partial charge in [-0.2, -0.15) is 5.26 Å². The summed E-state index contributed by atoms with van der Waals surface area (Å²) >= 11 is 0. The topological polar surface area (TPSA) is 174 Å². The second-order valence-electron chi connectivity index (χ2n) is 13.3. The highest BCUT2D eigenvalue weighted by atomic mass is 32.2. The Morgan fingerprint density at radius 2 is 0.983 bits per heavy atom. The zero-order chi connectivity index (χ0) is 41.7. The molecule has 0 fully saturated rings. The smallest absolute Gasteiger partial charge is 0.337 e. The number of nitrogens with zero attached hydrogens (tertiary/aromatic N) is 3. The Hall–Kier alpha value is -7.40. The maximum atomic E-state index is 11.8. The monoisotopic (exact) mass is 819 g/mol. The number of carboxylic acid groups (broad SMARTS) is 1. The van der Waals surface area contributed by atoms with Crippen molar-refractivity contribution in [2.45, 2.75) is 9.79 Å². The van der Waals surface area contributed by atoms with Crippen LogP contribution in [0.1, 0.15) is 15.9 Å². The van der Waals surface area contributed by atoms with Crippen LogP contribution in [-0.4, -0.2) is 50.4 Å². The lowest BCUT2D eigenvalue weighted by Crippen LogP contribution is -1.99. The number of fused-ring (bicyclic) bond motifs is 2. The number of para-hydroxylation sites is 2. The molecule has 292 valence electrons. The molecule has 2 aromatic heterocycles. The molecule has 11 nitrogen and oxygen atoms in total. The van der Waals surface area contributed by atoms with E-state index in [1.54, 1.807) is 60.9 Å². The van der Waals surface area contributed by atoms with E-state index in [1.165, 1.54) is 30.3 Å². The van der Waals surface area contributed by atoms with Crippen LogP contribution in [0.4, 0.5) is 0 Å². The summed E-state index contributed by atoms with van der Waals surface area (Å²) in [5, 5.41) is 20.4. The van der Waals surface area contributed by atoms with Gasteiger partial charge in [-0.25, -0.2) is 21.6 Å². The fourth-order valence-electron chi connectivity index (χ4n) is 6.38. The number of carbonyl (C=O) groups is 1. The van der Waals surface area contributed by atoms with Gasteiger partial charge in [0.1, 0.15) is 29.1 Å². The Bertz CT molecular complexity index is 3180. The maximum Gasteiger partial charge on any atom is 0.337 e. The number of aromatic carboxylic acids is 1. The Balaban J connectivity index is 0.000000179. The maximum absolute atomic E-state index is 11.8. The summed E-state index contributed by atoms with van der Waals surface area (Å²) in [6.45, 7) is 0. The third kappa shape index (κ3) is 9.10. The first-order valence-electron chi connectivity index (χ1n) is 17.8. The molecule has 0 radical (unpaired) electrons. The molecule has 0 spiro atoms. The molecule has 1 N–H and O–H groups in total. The van der Waals surface area contributed by atoms with Crippen molar-refractivity contribution in [2.75, 3.05) is 12.5 Å². The van der Waals surface area contributed by atoms with Gasteiger partial charge in [-0.1, -0.05) is 60.7 Å². The van der Waals surface area contributed by atoms with Crippen LogP contribution < -0.4 is 9.47 Å². The predicted octanol–water partition coefficient (Wildman–Crippen LogP) is 9.77. The zero-order valence-corrected chi connectivity index (χ0v) is 33.1. The van der Waals surface area contributed by atoms with Crippen LogP contribution in [0, 0.1) is 11.3 Å². The molecule has 0 aliphatic rings. The molecule has 0 aliphatic heterocycles. The largest absolute Gasteiger partial charge is 0.478 e. The van der Waals surface area contributed by atoms with Crippen LogP contribution in [0.25, 0.3) is 44.1 Å². The lowest BCUT2D eigenvalue weighted by molar-refractivity contribution is 0.0698. The van der Waals surface area contributed by atoms with E-state index >= 15 is 0 Å². The molecule has 59 heavy (non-hydrogen) atoms. The summed E-state index contributed by atoms with van der Waals surface area (Å²) in [7, 11) is -6.65. The average Bonchev–Trinajstić information content (AvgIpc) is 3.23. The molecular weight excluding hydrogens is 787 g/mol. The number of nitriles is 1. The van der Waals surface area contributed by atoms with E-state index in [9.17, 15) is 32.0 Å². The van der Waals surface area contributed by atoms with Crippen molar-refractivity contribution in [3.63, 3.8) is 0 Å². The number of benzene rings is 6. The lowest BCUT2D eigenvalue weighted by Gasteiger charge is -2.11. The molecule has 0 saturated heterocycles. The Kier molecular flexibility index (Phi) is 11.2. The van der Waals surface area contributed by atoms with Gasteiger partial charge in [0.15, 0.2) is 19.7 Å². The van der Waals surface area contributed by atoms with Crippen molar-refractivity contribution in [1.29, 1.82) is 5.26 Å². The predicted molar refractivity (Wildman–Crippen MR) is 225 cm³/mol. The van der Waals surface area contributed by atoms with Crippen molar-refractivity contribution < 1.29 is 36.2 Å². The Labute approximate surface area is 340 Å². The van der Waals surface area contributed by atoms with Crippen LogP contribution in [0.5, 0.6) is 23.0 Å². The van der Waals surface area contributed by atoms with E-state index in [2.05, 4.69) is 16.0 Å². The number of pyridine rings is 2. The van der Waals surface area contributed by atoms with E-state index in [1.807, 2.05) is 66.7 Å². The summed E-state index contributed by atoms with van der Waals surface area (Å²) < 4.78 is 58.9. The summed E-state index contributed by atoms with van der Waals surface area (Å²) in [5.74, 6) is 0.916. The van der Waals surface area contributed by atoms with E-state index in [0.717, 1.165) is 40.2 Å². The number of aromatic nitrogens is 2. The van der Waals surface area contributed by atoms with E-state index in [-0.39, 0.29) is 15.4 Å². The minimum absolute atomic E-state index is 0.138. The normalized spacial score (nSPS) is 11.3. The van der Waals surface area contributed by atoms with Gasteiger partial charge in [0.05, 0.1) is 32.0 Å². The summed E-state index contributed by atoms with van der Waals surface area (Å²) in [5.41, 5.74) is 5.20. The van der Waals surface area contributed by atoms with Crippen LogP contribution in [0.15, 0.2) is 168 Å². The third-order valence-corrected chi connectivity index (χ3v) is 11.3. The highest BCUT2D eigenvalue weighted by Crippen LogP contribution is 2.34. The van der Waals surface area contributed by atoms with Crippen molar-refractivity contribution in [3.05, 3.63) is 169 Å². The first kappa shape index (κ1) is 39.8. The molecule has 8 aromatic rings. The summed E-state index contributed by atoms with van der Waals surface area (Å²) in [4.78, 5) is 20.5. The minimum atomic E-state index is -3.34. The molecule has 0 atom stereocenters. The fourth-order valence-corrected chi connectivity index (χ4v) is 7.69. The second kappa shape index (κ2) is 16.6. The zero-order valence-electron chi connectivity index (χ0n) is 31.5. The fraction of sp³-hybridized carbons (Fsp3) is 0.0435. The molecule has 0 bridgehead atoms. The van der Waals surface area contributed by atoms with Gasteiger partial charge < -0.3 is 14.6 Å². The van der Waals surface area contributed by atoms with Crippen LogP contribution >= 0.6 is 0 Å². The average molecular weight is 820 g/mol. The number of sulfone groups is 2. The highest BCUT2D eigenvalue weighted by Gasteiger charge is 2.15. The van der Waals surface area contributed by atoms with Gasteiger partial charge in [-0.3, -0.25) is 9.97 Å². The van der Waals surface area contributed by atoms with Gasteiger partial charge in [0, 0.05) is 35.7 Å². The van der Waals surface area contributed by atoms with E-state index in [4.69, 9.17) is 9.47 Å². The molecule has 0 amide bonds. The van der Waals surface area contributed by atoms with Crippen molar-refractivity contribution >= 4 is 47.4 Å². The Morgan fingerprint density at radius 1 is 0.559 bits per heavy atom. The molecular formula is C46H33N3O8S2. The van der Waals surface area contributed by atoms with Crippen molar-refractivity contribution in [1.82, 2.24) is 9.97 Å². The molecule has 0 saturated carbocycles. The number of rotatable bonds is 9. The van der Waals surface area contributed by atoms with Gasteiger partial charge in [-0.15, -0.1) is 0 Å². The first-order valence-corrected chi connectivity index (χ1v) is 21.6. The van der Waals surface area contributed by atoms with Gasteiger partial charge in [0.2, 0.25) is 0 Å². The molecule has 8 rings (SSSR count). The van der Waals surface area contributed by atoms with Gasteiger partial charge >= 0.3 is 5.97 Å². The summed E-state index contributed by atoms with van der Waals surface area (Å²) in [6.07, 6.45) is 5.57. The molecule has 6 aromatic carbocycles. The SMILES string of the molecule is CS(=O)(=O)c1cccc(Oc2cccc(-c3ccnc4c(C#N)cccc34)c2)c1.CS(=O)(=O)c1cccc(Oc2cccc(-c3ccnc4c(C(=O)O)cccc34)c2)c1. The minimum Gasteiger partial charge on any atom is -0.478 e. The van der Waals surface area contributed by atoms with E-state index in [0.29, 0.717) is 45.0 Å². The summed E-state index contributed by atoms with van der Waals surface area (Å²) in [6, 6.07) is 43.9. The second-order valence-corrected chi connectivity index (χ2v) is 17.3. The molecule has 13 heteroatoms. The van der Waals surface area contributed by atoms with Crippen LogP contribution in [-0.2, 0) is 19.7 Å². The quantitative estimate of drug-likeness (QED) is 0.147. The van der Waals surface area contributed by atoms with Crippen molar-refractivity contribution in [2.24, 2.45) is 0 Å². The molecule has 0 aliphatic carbocycles. The highest BCUT2D eigenvalue weighted by molar-refractivity contribution is 7.91. The standard InChI is InChI=1S/C23H16N2O3S.C23H17NO5S/c1-29(26,27)20-9-4-8-19(14-20)28-18-7-2-5-16(13-18)21-11-12-25-23-17(15-24)6-3-10-22(21)23;1-30(27,28)18-8-3-7-17(14-18)29-16-6-2-5-15(13-16)19-11-12-24-22-20(19)9-4-10-21(22)23(25)26/h2-14H,1H3;2-14H,1H3,(H,25,26). The molecule has 2 heterocycles. The van der Waals surface area contributed by atoms with Crippen LogP contribution in [0.2, 0.25) is 0 Å². The van der Waals surface area contributed by atoms with E-state index < -0.39 is 25.6 Å². The van der Waals surface area contributed by atoms with Crippen LogP contribution in [0.3, 0.4) is 0 Å². The van der Waals surface area contributed by atoms with Gasteiger partial charge in [-0.05, 0) is 107 Å². The van der Waals surface area contributed by atoms with Crippen molar-refractivity contribution in [3.8, 4) is 51.3 Å².